The third-order valence-electron chi connectivity index (χ3n) is 2.26. The molecule has 0 aliphatic rings. The summed E-state index contributed by atoms with van der Waals surface area (Å²) in [5.74, 6) is 0.00763. The zero-order chi connectivity index (χ0) is 11.7. The number of hydrogen-bond acceptors (Lipinski definition) is 3. The molecule has 0 radical (unpaired) electrons. The van der Waals surface area contributed by atoms with E-state index in [4.69, 9.17) is 5.26 Å². The van der Waals surface area contributed by atoms with Crippen molar-refractivity contribution in [2.75, 3.05) is 6.54 Å². The van der Waals surface area contributed by atoms with Gasteiger partial charge in [-0.3, -0.25) is 4.79 Å². The average Bonchev–Trinajstić information content (AvgIpc) is 2.24. The summed E-state index contributed by atoms with van der Waals surface area (Å²) in [6.07, 6.45) is 2.24. The molecule has 86 valence electrons. The Bertz CT molecular complexity index is 222. The number of carbonyl (C=O) groups excluding carboxylic acids is 1. The normalized spacial score (nSPS) is 14.0. The highest BCUT2D eigenvalue weighted by Gasteiger charge is 2.15. The molecule has 0 aliphatic heterocycles. The molecule has 2 N–H and O–H groups in total. The minimum atomic E-state index is -0.227. The lowest BCUT2D eigenvalue weighted by Gasteiger charge is -2.19. The predicted octanol–water partition coefficient (Wildman–Crippen LogP) is 1.18. The van der Waals surface area contributed by atoms with Crippen LogP contribution in [0.5, 0.6) is 0 Å². The standard InChI is InChI=1S/C11H21N3O/c1-4-8-13-11(15)9(3)14-10(5-2)6-7-12/h9-10,14H,4-6,8H2,1-3H3,(H,13,15). The molecule has 0 rings (SSSR count). The lowest BCUT2D eigenvalue weighted by atomic mass is 10.1. The van der Waals surface area contributed by atoms with E-state index in [1.54, 1.807) is 0 Å². The summed E-state index contributed by atoms with van der Waals surface area (Å²) in [5.41, 5.74) is 0. The molecule has 0 heterocycles. The van der Waals surface area contributed by atoms with Gasteiger partial charge in [-0.1, -0.05) is 13.8 Å². The lowest BCUT2D eigenvalue weighted by molar-refractivity contribution is -0.122. The van der Waals surface area contributed by atoms with E-state index in [1.165, 1.54) is 0 Å². The second-order valence-corrected chi connectivity index (χ2v) is 3.65. The fourth-order valence-corrected chi connectivity index (χ4v) is 1.26. The summed E-state index contributed by atoms with van der Waals surface area (Å²) in [5, 5.41) is 14.5. The molecule has 0 aliphatic carbocycles. The van der Waals surface area contributed by atoms with Crippen molar-refractivity contribution >= 4 is 5.91 Å². The Balaban J connectivity index is 3.93. The van der Waals surface area contributed by atoms with Crippen LogP contribution >= 0.6 is 0 Å². The van der Waals surface area contributed by atoms with Crippen molar-refractivity contribution in [1.29, 1.82) is 5.26 Å². The molecule has 0 aromatic heterocycles. The molecule has 15 heavy (non-hydrogen) atoms. The van der Waals surface area contributed by atoms with Gasteiger partial charge in [0.25, 0.3) is 0 Å². The zero-order valence-electron chi connectivity index (χ0n) is 9.84. The van der Waals surface area contributed by atoms with Crippen molar-refractivity contribution in [2.45, 2.75) is 52.1 Å². The molecular weight excluding hydrogens is 190 g/mol. The molecule has 0 saturated heterocycles. The summed E-state index contributed by atoms with van der Waals surface area (Å²) in [7, 11) is 0. The van der Waals surface area contributed by atoms with Gasteiger partial charge in [-0.2, -0.15) is 5.26 Å². The number of hydrogen-bond donors (Lipinski definition) is 2. The topological polar surface area (TPSA) is 64.9 Å². The van der Waals surface area contributed by atoms with E-state index < -0.39 is 0 Å². The minimum absolute atomic E-state index is 0.00763. The van der Waals surface area contributed by atoms with E-state index in [0.29, 0.717) is 13.0 Å². The third-order valence-corrected chi connectivity index (χ3v) is 2.26. The first kappa shape index (κ1) is 13.9. The Labute approximate surface area is 92.0 Å². The fourth-order valence-electron chi connectivity index (χ4n) is 1.26. The van der Waals surface area contributed by atoms with Crippen LogP contribution in [0.15, 0.2) is 0 Å². The number of carbonyl (C=O) groups is 1. The van der Waals surface area contributed by atoms with Crippen molar-refractivity contribution in [3.8, 4) is 6.07 Å². The Morgan fingerprint density at radius 2 is 2.13 bits per heavy atom. The van der Waals surface area contributed by atoms with Gasteiger partial charge in [0.2, 0.25) is 5.91 Å². The zero-order valence-corrected chi connectivity index (χ0v) is 9.84. The van der Waals surface area contributed by atoms with Crippen LogP contribution < -0.4 is 10.6 Å². The maximum Gasteiger partial charge on any atom is 0.236 e. The number of amides is 1. The second kappa shape index (κ2) is 8.25. The van der Waals surface area contributed by atoms with Crippen LogP contribution in [0.3, 0.4) is 0 Å². The van der Waals surface area contributed by atoms with Gasteiger partial charge < -0.3 is 10.6 Å². The highest BCUT2D eigenvalue weighted by Crippen LogP contribution is 1.98. The van der Waals surface area contributed by atoms with Crippen molar-refractivity contribution < 1.29 is 4.79 Å². The molecular formula is C11H21N3O. The average molecular weight is 211 g/mol. The molecule has 0 fully saturated rings. The number of nitriles is 1. The van der Waals surface area contributed by atoms with Gasteiger partial charge in [0, 0.05) is 12.6 Å². The molecule has 2 atom stereocenters. The van der Waals surface area contributed by atoms with Crippen LogP contribution in [-0.2, 0) is 4.79 Å². The maximum absolute atomic E-state index is 11.5. The Hall–Kier alpha value is -1.08. The molecule has 4 heteroatoms. The summed E-state index contributed by atoms with van der Waals surface area (Å²) >= 11 is 0. The Kier molecular flexibility index (Phi) is 7.65. The first-order chi connectivity index (χ1) is 7.15. The SMILES string of the molecule is CCCNC(=O)C(C)NC(CC)CC#N. The van der Waals surface area contributed by atoms with Gasteiger partial charge >= 0.3 is 0 Å². The largest absolute Gasteiger partial charge is 0.355 e. The summed E-state index contributed by atoms with van der Waals surface area (Å²) in [4.78, 5) is 11.5. The van der Waals surface area contributed by atoms with Gasteiger partial charge in [-0.25, -0.2) is 0 Å². The lowest BCUT2D eigenvalue weighted by Crippen LogP contribution is -2.46. The van der Waals surface area contributed by atoms with E-state index in [0.717, 1.165) is 12.8 Å². The molecule has 0 saturated carbocycles. The van der Waals surface area contributed by atoms with Crippen LogP contribution in [-0.4, -0.2) is 24.5 Å². The van der Waals surface area contributed by atoms with Crippen molar-refractivity contribution in [2.24, 2.45) is 0 Å². The number of nitrogens with zero attached hydrogens (tertiary/aromatic N) is 1. The van der Waals surface area contributed by atoms with E-state index in [9.17, 15) is 4.79 Å². The van der Waals surface area contributed by atoms with E-state index in [1.807, 2.05) is 20.8 Å². The monoisotopic (exact) mass is 211 g/mol. The van der Waals surface area contributed by atoms with Crippen LogP contribution in [0.2, 0.25) is 0 Å². The molecule has 4 nitrogen and oxygen atoms in total. The maximum atomic E-state index is 11.5. The fraction of sp³-hybridized carbons (Fsp3) is 0.818. The van der Waals surface area contributed by atoms with Crippen LogP contribution in [0.1, 0.15) is 40.0 Å². The molecule has 0 spiro atoms. The van der Waals surface area contributed by atoms with Gasteiger partial charge in [0.05, 0.1) is 18.5 Å². The highest BCUT2D eigenvalue weighted by molar-refractivity contribution is 5.81. The predicted molar refractivity (Wildman–Crippen MR) is 60.2 cm³/mol. The van der Waals surface area contributed by atoms with Crippen LogP contribution in [0.25, 0.3) is 0 Å². The minimum Gasteiger partial charge on any atom is -0.355 e. The van der Waals surface area contributed by atoms with E-state index in [2.05, 4.69) is 16.7 Å². The summed E-state index contributed by atoms with van der Waals surface area (Å²) < 4.78 is 0. The van der Waals surface area contributed by atoms with E-state index >= 15 is 0 Å². The Morgan fingerprint density at radius 1 is 1.47 bits per heavy atom. The van der Waals surface area contributed by atoms with Crippen LogP contribution in [0.4, 0.5) is 0 Å². The molecule has 0 aromatic carbocycles. The molecule has 2 unspecified atom stereocenters. The highest BCUT2D eigenvalue weighted by atomic mass is 16.2. The first-order valence-corrected chi connectivity index (χ1v) is 5.56. The van der Waals surface area contributed by atoms with Gasteiger partial charge in [-0.15, -0.1) is 0 Å². The van der Waals surface area contributed by atoms with Crippen LogP contribution in [0, 0.1) is 11.3 Å². The van der Waals surface area contributed by atoms with Gasteiger partial charge in [-0.05, 0) is 19.8 Å². The van der Waals surface area contributed by atoms with E-state index in [-0.39, 0.29) is 18.0 Å². The first-order valence-electron chi connectivity index (χ1n) is 5.56. The number of rotatable bonds is 7. The van der Waals surface area contributed by atoms with Crippen molar-refractivity contribution in [1.82, 2.24) is 10.6 Å². The van der Waals surface area contributed by atoms with Gasteiger partial charge in [0.1, 0.15) is 0 Å². The van der Waals surface area contributed by atoms with Gasteiger partial charge in [0.15, 0.2) is 0 Å². The smallest absolute Gasteiger partial charge is 0.236 e. The Morgan fingerprint density at radius 3 is 2.60 bits per heavy atom. The third kappa shape index (κ3) is 6.08. The molecule has 1 amide bonds. The van der Waals surface area contributed by atoms with Crippen molar-refractivity contribution in [3.05, 3.63) is 0 Å². The number of nitrogens with one attached hydrogen (secondary N) is 2. The quantitative estimate of drug-likeness (QED) is 0.664. The molecule has 0 bridgehead atoms. The summed E-state index contributed by atoms with van der Waals surface area (Å²) in [6, 6.07) is 1.99. The summed E-state index contributed by atoms with van der Waals surface area (Å²) in [6.45, 7) is 6.56. The van der Waals surface area contributed by atoms with Crippen molar-refractivity contribution in [3.63, 3.8) is 0 Å². The second-order valence-electron chi connectivity index (χ2n) is 3.65. The molecule has 0 aromatic rings.